The molecule has 68 valence electrons. The van der Waals surface area contributed by atoms with Crippen molar-refractivity contribution < 1.29 is 0 Å². The topological polar surface area (TPSA) is 38.9 Å². The van der Waals surface area contributed by atoms with Crippen molar-refractivity contribution in [3.63, 3.8) is 0 Å². The fraction of sp³-hybridized carbons (Fsp3) is 0.667. The van der Waals surface area contributed by atoms with Gasteiger partial charge in [-0.15, -0.1) is 11.3 Å². The molecule has 0 fully saturated rings. The van der Waals surface area contributed by atoms with Gasteiger partial charge in [0, 0.05) is 17.5 Å². The second kappa shape index (κ2) is 4.58. The number of aromatic nitrogens is 1. The Morgan fingerprint density at radius 1 is 1.58 bits per heavy atom. The van der Waals surface area contributed by atoms with Crippen LogP contribution in [0.25, 0.3) is 0 Å². The van der Waals surface area contributed by atoms with Crippen LogP contribution >= 0.6 is 11.3 Å². The molecule has 0 saturated carbocycles. The number of hydrogen-bond donors (Lipinski definition) is 1. The van der Waals surface area contributed by atoms with Crippen LogP contribution in [-0.4, -0.2) is 11.5 Å². The van der Waals surface area contributed by atoms with E-state index < -0.39 is 0 Å². The Morgan fingerprint density at radius 2 is 2.33 bits per heavy atom. The van der Waals surface area contributed by atoms with Crippen molar-refractivity contribution in [2.24, 2.45) is 11.7 Å². The van der Waals surface area contributed by atoms with Crippen LogP contribution in [-0.2, 0) is 12.8 Å². The predicted octanol–water partition coefficient (Wildman–Crippen LogP) is 1.84. The van der Waals surface area contributed by atoms with Crippen LogP contribution in [0.5, 0.6) is 0 Å². The predicted molar refractivity (Wildman–Crippen MR) is 53.4 cm³/mol. The third-order valence-corrected chi connectivity index (χ3v) is 2.65. The second-order valence-electron chi connectivity index (χ2n) is 3.36. The molecule has 1 rings (SSSR count). The Kier molecular flexibility index (Phi) is 3.69. The summed E-state index contributed by atoms with van der Waals surface area (Å²) in [5.74, 6) is 0.719. The van der Waals surface area contributed by atoms with Gasteiger partial charge in [-0.2, -0.15) is 0 Å². The summed E-state index contributed by atoms with van der Waals surface area (Å²) in [6.45, 7) is 5.15. The molecule has 0 aromatic carbocycles. The summed E-state index contributed by atoms with van der Waals surface area (Å²) in [5, 5.41) is 1.17. The van der Waals surface area contributed by atoms with E-state index >= 15 is 0 Å². The Bertz CT molecular complexity index is 230. The van der Waals surface area contributed by atoms with E-state index in [4.69, 9.17) is 5.73 Å². The number of thiazole rings is 1. The molecule has 0 amide bonds. The van der Waals surface area contributed by atoms with Crippen LogP contribution in [0.15, 0.2) is 6.20 Å². The van der Waals surface area contributed by atoms with Crippen LogP contribution in [0.3, 0.4) is 0 Å². The van der Waals surface area contributed by atoms with E-state index in [1.165, 1.54) is 9.88 Å². The molecule has 0 radical (unpaired) electrons. The van der Waals surface area contributed by atoms with Gasteiger partial charge in [0.25, 0.3) is 0 Å². The van der Waals surface area contributed by atoms with Crippen molar-refractivity contribution in [2.75, 3.05) is 6.54 Å². The third kappa shape index (κ3) is 2.91. The highest BCUT2D eigenvalue weighted by molar-refractivity contribution is 7.11. The largest absolute Gasteiger partial charge is 0.330 e. The molecule has 3 heteroatoms. The maximum absolute atomic E-state index is 5.44. The average Bonchev–Trinajstić information content (AvgIpc) is 2.36. The molecule has 0 spiro atoms. The normalized spacial score (nSPS) is 11.0. The van der Waals surface area contributed by atoms with E-state index in [0.717, 1.165) is 18.8 Å². The van der Waals surface area contributed by atoms with Crippen molar-refractivity contribution in [1.29, 1.82) is 0 Å². The molecule has 0 bridgehead atoms. The van der Waals surface area contributed by atoms with Crippen LogP contribution in [0, 0.1) is 5.92 Å². The van der Waals surface area contributed by atoms with Gasteiger partial charge in [0.2, 0.25) is 0 Å². The van der Waals surface area contributed by atoms with Crippen molar-refractivity contribution >= 4 is 11.3 Å². The van der Waals surface area contributed by atoms with Crippen LogP contribution in [0.4, 0.5) is 0 Å². The molecule has 0 saturated heterocycles. The first-order chi connectivity index (χ1) is 5.72. The fourth-order valence-corrected chi connectivity index (χ4v) is 2.23. The molecule has 0 aliphatic carbocycles. The first-order valence-electron chi connectivity index (χ1n) is 4.36. The smallest absolute Gasteiger partial charge is 0.0940 e. The van der Waals surface area contributed by atoms with E-state index in [1.807, 2.05) is 6.20 Å². The average molecular weight is 184 g/mol. The van der Waals surface area contributed by atoms with E-state index in [0.29, 0.717) is 6.54 Å². The van der Waals surface area contributed by atoms with Crippen molar-refractivity contribution in [3.8, 4) is 0 Å². The Balaban J connectivity index is 2.52. The highest BCUT2D eigenvalue weighted by Crippen LogP contribution is 2.16. The molecule has 1 heterocycles. The van der Waals surface area contributed by atoms with E-state index in [-0.39, 0.29) is 0 Å². The zero-order valence-corrected chi connectivity index (χ0v) is 8.53. The van der Waals surface area contributed by atoms with Crippen molar-refractivity contribution in [3.05, 3.63) is 16.1 Å². The fourth-order valence-electron chi connectivity index (χ4n) is 1.08. The molecule has 2 nitrogen and oxygen atoms in total. The monoisotopic (exact) mass is 184 g/mol. The quantitative estimate of drug-likeness (QED) is 0.775. The van der Waals surface area contributed by atoms with Gasteiger partial charge >= 0.3 is 0 Å². The molecule has 0 aliphatic rings. The summed E-state index contributed by atoms with van der Waals surface area (Å²) in [4.78, 5) is 5.68. The summed E-state index contributed by atoms with van der Waals surface area (Å²) in [6, 6.07) is 0. The Labute approximate surface area is 77.8 Å². The summed E-state index contributed by atoms with van der Waals surface area (Å²) in [6.07, 6.45) is 4.04. The summed E-state index contributed by atoms with van der Waals surface area (Å²) >= 11 is 1.79. The summed E-state index contributed by atoms with van der Waals surface area (Å²) in [7, 11) is 0. The zero-order valence-electron chi connectivity index (χ0n) is 7.71. The molecule has 0 aliphatic heterocycles. The van der Waals surface area contributed by atoms with Crippen LogP contribution < -0.4 is 5.73 Å². The maximum Gasteiger partial charge on any atom is 0.0940 e. The van der Waals surface area contributed by atoms with Crippen molar-refractivity contribution in [1.82, 2.24) is 4.98 Å². The van der Waals surface area contributed by atoms with Gasteiger partial charge in [-0.1, -0.05) is 13.8 Å². The molecule has 0 unspecified atom stereocenters. The highest BCUT2D eigenvalue weighted by atomic mass is 32.1. The minimum absolute atomic E-state index is 0.703. The van der Waals surface area contributed by atoms with Gasteiger partial charge < -0.3 is 5.73 Å². The van der Waals surface area contributed by atoms with Crippen LogP contribution in [0.2, 0.25) is 0 Å². The number of hydrogen-bond acceptors (Lipinski definition) is 3. The molecule has 2 N–H and O–H groups in total. The summed E-state index contributed by atoms with van der Waals surface area (Å²) in [5.41, 5.74) is 5.44. The highest BCUT2D eigenvalue weighted by Gasteiger charge is 2.02. The lowest BCUT2D eigenvalue weighted by atomic mass is 10.1. The van der Waals surface area contributed by atoms with Gasteiger partial charge in [-0.3, -0.25) is 0 Å². The SMILES string of the molecule is CC(C)Cc1cnc(CCN)s1. The number of nitrogens with zero attached hydrogens (tertiary/aromatic N) is 1. The molecular weight excluding hydrogens is 168 g/mol. The molecular formula is C9H16N2S. The maximum atomic E-state index is 5.44. The van der Waals surface area contributed by atoms with Gasteiger partial charge in [0.15, 0.2) is 0 Å². The first-order valence-corrected chi connectivity index (χ1v) is 5.17. The summed E-state index contributed by atoms with van der Waals surface area (Å²) < 4.78 is 0. The number of nitrogens with two attached hydrogens (primary N) is 1. The Morgan fingerprint density at radius 3 is 2.92 bits per heavy atom. The lowest BCUT2D eigenvalue weighted by Crippen LogP contribution is -2.01. The molecule has 12 heavy (non-hydrogen) atoms. The standard InChI is InChI=1S/C9H16N2S/c1-7(2)5-8-6-11-9(12-8)3-4-10/h6-7H,3-5,10H2,1-2H3. The van der Waals surface area contributed by atoms with E-state index in [9.17, 15) is 0 Å². The lowest BCUT2D eigenvalue weighted by molar-refractivity contribution is 0.653. The lowest BCUT2D eigenvalue weighted by Gasteiger charge is -1.98. The van der Waals surface area contributed by atoms with Gasteiger partial charge in [0.1, 0.15) is 0 Å². The molecule has 0 atom stereocenters. The Hall–Kier alpha value is -0.410. The van der Waals surface area contributed by atoms with Gasteiger partial charge in [-0.25, -0.2) is 4.98 Å². The van der Waals surface area contributed by atoms with E-state index in [2.05, 4.69) is 18.8 Å². The minimum atomic E-state index is 0.703. The van der Waals surface area contributed by atoms with E-state index in [1.54, 1.807) is 11.3 Å². The van der Waals surface area contributed by atoms with Crippen LogP contribution in [0.1, 0.15) is 23.7 Å². The first kappa shape index (κ1) is 9.68. The van der Waals surface area contributed by atoms with Gasteiger partial charge in [-0.05, 0) is 18.9 Å². The molecule has 1 aromatic heterocycles. The molecule has 1 aromatic rings. The zero-order chi connectivity index (χ0) is 8.97. The number of rotatable bonds is 4. The second-order valence-corrected chi connectivity index (χ2v) is 4.56. The van der Waals surface area contributed by atoms with Gasteiger partial charge in [0.05, 0.1) is 5.01 Å². The third-order valence-electron chi connectivity index (χ3n) is 1.57. The minimum Gasteiger partial charge on any atom is -0.330 e. The van der Waals surface area contributed by atoms with Crippen molar-refractivity contribution in [2.45, 2.75) is 26.7 Å².